The third-order valence-corrected chi connectivity index (χ3v) is 8.32. The van der Waals surface area contributed by atoms with Crippen molar-refractivity contribution in [3.63, 3.8) is 0 Å². The maximum absolute atomic E-state index is 11.8. The number of methoxy groups -OCH3 is 1. The summed E-state index contributed by atoms with van der Waals surface area (Å²) < 4.78 is 13.1. The van der Waals surface area contributed by atoms with E-state index in [0.29, 0.717) is 62.1 Å². The molecule has 1 fully saturated rings. The third-order valence-electron chi connectivity index (χ3n) is 6.61. The highest BCUT2D eigenvalue weighted by molar-refractivity contribution is 6.76. The van der Waals surface area contributed by atoms with Crippen LogP contribution in [0.25, 0.3) is 11.0 Å². The molecule has 0 bridgehead atoms. The van der Waals surface area contributed by atoms with Gasteiger partial charge in [-0.3, -0.25) is 5.10 Å². The van der Waals surface area contributed by atoms with Gasteiger partial charge in [-0.15, -0.1) is 0 Å². The highest BCUT2D eigenvalue weighted by Gasteiger charge is 2.43. The first-order chi connectivity index (χ1) is 16.6. The monoisotopic (exact) mass is 501 g/mol. The molecular weight excluding hydrogens is 466 g/mol. The lowest BCUT2D eigenvalue weighted by molar-refractivity contribution is -0.166. The fraction of sp³-hybridized carbons (Fsp3) is 0.609. The molecule has 3 N–H and O–H groups in total. The number of carbonyl (C=O) groups is 1. The minimum atomic E-state index is -1.19. The summed E-state index contributed by atoms with van der Waals surface area (Å²) in [5, 5.41) is 25.4. The topological polar surface area (TPSA) is 140 Å². The Balaban J connectivity index is 1.62. The quantitative estimate of drug-likeness (QED) is 0.277. The molecule has 1 aliphatic carbocycles. The Morgan fingerprint density at radius 2 is 2.06 bits per heavy atom. The molecule has 0 aliphatic heterocycles. The van der Waals surface area contributed by atoms with Gasteiger partial charge in [0.1, 0.15) is 18.4 Å². The number of carboxylic acids is 1. The molecule has 3 aromatic rings. The molecule has 1 aliphatic rings. The summed E-state index contributed by atoms with van der Waals surface area (Å²) in [5.74, 6) is 1.03. The number of aromatic nitrogens is 6. The van der Waals surface area contributed by atoms with E-state index in [1.165, 1.54) is 7.11 Å². The Labute approximate surface area is 205 Å². The predicted molar refractivity (Wildman–Crippen MR) is 135 cm³/mol. The van der Waals surface area contributed by atoms with Crippen molar-refractivity contribution in [2.24, 2.45) is 0 Å². The van der Waals surface area contributed by atoms with Crippen molar-refractivity contribution in [2.75, 3.05) is 19.0 Å². The minimum absolute atomic E-state index is 0.0136. The maximum Gasteiger partial charge on any atom is 0.335 e. The lowest BCUT2D eigenvalue weighted by atomic mass is 9.78. The molecule has 0 spiro atoms. The van der Waals surface area contributed by atoms with E-state index in [2.05, 4.69) is 40.3 Å². The van der Waals surface area contributed by atoms with E-state index in [9.17, 15) is 9.90 Å². The number of fused-ring (bicyclic) bond motifs is 1. The molecule has 0 unspecified atom stereocenters. The van der Waals surface area contributed by atoms with E-state index in [1.54, 1.807) is 10.9 Å². The van der Waals surface area contributed by atoms with Crippen molar-refractivity contribution in [1.29, 1.82) is 0 Å². The first-order valence-electron chi connectivity index (χ1n) is 12.0. The molecule has 0 radical (unpaired) electrons. The Kier molecular flexibility index (Phi) is 7.24. The van der Waals surface area contributed by atoms with E-state index < -0.39 is 19.6 Å². The second-order valence-electron chi connectivity index (χ2n) is 10.5. The third kappa shape index (κ3) is 5.71. The molecule has 190 valence electrons. The number of nitrogens with zero attached hydrogens (tertiary/aromatic N) is 5. The first-order valence-corrected chi connectivity index (χ1v) is 15.7. The average molecular weight is 502 g/mol. The van der Waals surface area contributed by atoms with Crippen LogP contribution in [-0.4, -0.2) is 68.4 Å². The van der Waals surface area contributed by atoms with Crippen LogP contribution in [-0.2, 0) is 21.0 Å². The van der Waals surface area contributed by atoms with Gasteiger partial charge in [0.2, 0.25) is 0 Å². The number of ether oxygens (including phenoxy) is 2. The summed E-state index contributed by atoms with van der Waals surface area (Å²) in [5.41, 5.74) is 0.473. The molecule has 4 rings (SSSR count). The molecule has 0 amide bonds. The number of carboxylic acid groups (broad SMARTS) is 1. The van der Waals surface area contributed by atoms with E-state index in [4.69, 9.17) is 19.4 Å². The number of anilines is 2. The standard InChI is InChI=1S/C23H35N7O4Si/c1-15-12-18(29-28-15)25-20-17-13-24-30(14-34-10-11-35(3,4)5)21(17)27-19(26-20)16-6-8-23(33-2,9-7-16)22(31)32/h12-13,16H,6-11,14H2,1-5H3,(H,31,32)(H2,25,26,27,28,29). The van der Waals surface area contributed by atoms with Gasteiger partial charge in [0.05, 0.1) is 11.6 Å². The van der Waals surface area contributed by atoms with E-state index in [1.807, 2.05) is 13.0 Å². The number of nitrogens with one attached hydrogen (secondary N) is 2. The molecule has 0 saturated heterocycles. The lowest BCUT2D eigenvalue weighted by Gasteiger charge is -2.35. The summed E-state index contributed by atoms with van der Waals surface area (Å²) in [4.78, 5) is 21.5. The summed E-state index contributed by atoms with van der Waals surface area (Å²) in [6.45, 7) is 9.88. The molecule has 11 nitrogen and oxygen atoms in total. The lowest BCUT2D eigenvalue weighted by Crippen LogP contribution is -2.43. The average Bonchev–Trinajstić information content (AvgIpc) is 3.41. The smallest absolute Gasteiger partial charge is 0.335 e. The largest absolute Gasteiger partial charge is 0.479 e. The molecule has 0 aromatic carbocycles. The molecular formula is C23H35N7O4Si. The number of aliphatic carboxylic acids is 1. The summed E-state index contributed by atoms with van der Waals surface area (Å²) in [6.07, 6.45) is 3.79. The van der Waals surface area contributed by atoms with E-state index >= 15 is 0 Å². The number of H-pyrrole nitrogens is 1. The Bertz CT molecular complexity index is 1180. The number of hydrogen-bond acceptors (Lipinski definition) is 8. The zero-order valence-electron chi connectivity index (χ0n) is 21.1. The molecule has 3 aromatic heterocycles. The molecule has 12 heteroatoms. The van der Waals surface area contributed by atoms with Crippen molar-refractivity contribution in [2.45, 2.75) is 76.5 Å². The van der Waals surface area contributed by atoms with Crippen molar-refractivity contribution < 1.29 is 19.4 Å². The number of hydrogen-bond donors (Lipinski definition) is 3. The van der Waals surface area contributed by atoms with E-state index in [-0.39, 0.29) is 5.92 Å². The Hall–Kier alpha value is -2.83. The van der Waals surface area contributed by atoms with Crippen LogP contribution in [0.3, 0.4) is 0 Å². The Morgan fingerprint density at radius 1 is 1.31 bits per heavy atom. The van der Waals surface area contributed by atoms with Gasteiger partial charge in [0.25, 0.3) is 0 Å². The van der Waals surface area contributed by atoms with Gasteiger partial charge < -0.3 is 19.9 Å². The van der Waals surface area contributed by atoms with Crippen molar-refractivity contribution in [3.05, 3.63) is 23.8 Å². The highest BCUT2D eigenvalue weighted by Crippen LogP contribution is 2.40. The SMILES string of the molecule is COC1(C(=O)O)CCC(c2nc(Nc3cc(C)[nH]n3)c3cnn(COCC[Si](C)(C)C)c3n2)CC1. The fourth-order valence-electron chi connectivity index (χ4n) is 4.32. The van der Waals surface area contributed by atoms with E-state index in [0.717, 1.165) is 17.1 Å². The van der Waals surface area contributed by atoms with Crippen LogP contribution >= 0.6 is 0 Å². The van der Waals surface area contributed by atoms with Gasteiger partial charge in [-0.05, 0) is 38.7 Å². The summed E-state index contributed by atoms with van der Waals surface area (Å²) in [6, 6.07) is 2.97. The predicted octanol–water partition coefficient (Wildman–Crippen LogP) is 4.04. The van der Waals surface area contributed by atoms with Gasteiger partial charge >= 0.3 is 5.97 Å². The van der Waals surface area contributed by atoms with Crippen LogP contribution < -0.4 is 5.32 Å². The molecule has 3 heterocycles. The fourth-order valence-corrected chi connectivity index (χ4v) is 5.08. The van der Waals surface area contributed by atoms with Crippen LogP contribution in [0.1, 0.15) is 43.1 Å². The first kappa shape index (κ1) is 25.3. The van der Waals surface area contributed by atoms with Crippen LogP contribution in [0.5, 0.6) is 0 Å². The Morgan fingerprint density at radius 3 is 2.66 bits per heavy atom. The highest BCUT2D eigenvalue weighted by atomic mass is 28.3. The second-order valence-corrected chi connectivity index (χ2v) is 16.1. The van der Waals surface area contributed by atoms with Crippen molar-refractivity contribution in [1.82, 2.24) is 29.9 Å². The van der Waals surface area contributed by atoms with Gasteiger partial charge in [-0.2, -0.15) is 10.2 Å². The van der Waals surface area contributed by atoms with Crippen LogP contribution in [0.2, 0.25) is 25.7 Å². The van der Waals surface area contributed by atoms with Gasteiger partial charge in [-0.1, -0.05) is 19.6 Å². The van der Waals surface area contributed by atoms with Gasteiger partial charge in [0.15, 0.2) is 17.1 Å². The number of aromatic amines is 1. The minimum Gasteiger partial charge on any atom is -0.479 e. The van der Waals surface area contributed by atoms with Crippen LogP contribution in [0.15, 0.2) is 12.3 Å². The number of rotatable bonds is 10. The second kappa shape index (κ2) is 10.0. The van der Waals surface area contributed by atoms with Crippen molar-refractivity contribution in [3.8, 4) is 0 Å². The van der Waals surface area contributed by atoms with Gasteiger partial charge in [0, 0.05) is 39.5 Å². The van der Waals surface area contributed by atoms with Crippen molar-refractivity contribution >= 4 is 36.7 Å². The van der Waals surface area contributed by atoms with Gasteiger partial charge in [-0.25, -0.2) is 19.4 Å². The zero-order valence-corrected chi connectivity index (χ0v) is 22.1. The number of aryl methyl sites for hydroxylation is 1. The molecule has 0 atom stereocenters. The zero-order chi connectivity index (χ0) is 25.2. The summed E-state index contributed by atoms with van der Waals surface area (Å²) in [7, 11) is 0.274. The molecule has 1 saturated carbocycles. The normalized spacial score (nSPS) is 20.9. The summed E-state index contributed by atoms with van der Waals surface area (Å²) >= 11 is 0. The van der Waals surface area contributed by atoms with Crippen LogP contribution in [0.4, 0.5) is 11.6 Å². The maximum atomic E-state index is 11.8. The molecule has 35 heavy (non-hydrogen) atoms. The van der Waals surface area contributed by atoms with Crippen LogP contribution in [0, 0.1) is 6.92 Å².